The third-order valence-corrected chi connectivity index (χ3v) is 2.10. The Hall–Kier alpha value is -0.960. The van der Waals surface area contributed by atoms with E-state index in [1.54, 1.807) is 0 Å². The SMILES string of the molecule is Cn1ncc2cccc(S)c21. The Morgan fingerprint density at radius 2 is 2.27 bits per heavy atom. The molecule has 2 aromatic rings. The number of hydrogen-bond donors (Lipinski definition) is 1. The van der Waals surface area contributed by atoms with Crippen LogP contribution in [0.15, 0.2) is 29.3 Å². The average molecular weight is 164 g/mol. The van der Waals surface area contributed by atoms with Crippen molar-refractivity contribution in [2.24, 2.45) is 7.05 Å². The summed E-state index contributed by atoms with van der Waals surface area (Å²) in [5, 5.41) is 5.26. The van der Waals surface area contributed by atoms with Crippen LogP contribution in [0.1, 0.15) is 0 Å². The Balaban J connectivity index is 2.96. The van der Waals surface area contributed by atoms with E-state index < -0.39 is 0 Å². The summed E-state index contributed by atoms with van der Waals surface area (Å²) in [4.78, 5) is 0.975. The monoisotopic (exact) mass is 164 g/mol. The molecule has 0 saturated heterocycles. The molecule has 1 aromatic carbocycles. The lowest BCUT2D eigenvalue weighted by Gasteiger charge is -1.96. The second-order valence-electron chi connectivity index (χ2n) is 2.48. The van der Waals surface area contributed by atoms with Crippen LogP contribution in [0, 0.1) is 0 Å². The van der Waals surface area contributed by atoms with Crippen molar-refractivity contribution >= 4 is 23.5 Å². The van der Waals surface area contributed by atoms with Gasteiger partial charge in [-0.2, -0.15) is 5.10 Å². The summed E-state index contributed by atoms with van der Waals surface area (Å²) in [7, 11) is 1.92. The molecule has 0 bridgehead atoms. The molecule has 3 heteroatoms. The fourth-order valence-electron chi connectivity index (χ4n) is 1.21. The van der Waals surface area contributed by atoms with Crippen molar-refractivity contribution < 1.29 is 0 Å². The Morgan fingerprint density at radius 1 is 1.45 bits per heavy atom. The van der Waals surface area contributed by atoms with Crippen molar-refractivity contribution in [1.82, 2.24) is 9.78 Å². The Morgan fingerprint density at radius 3 is 3.00 bits per heavy atom. The quantitative estimate of drug-likeness (QED) is 0.588. The van der Waals surface area contributed by atoms with Crippen LogP contribution in [0.25, 0.3) is 10.9 Å². The molecular weight excluding hydrogens is 156 g/mol. The van der Waals surface area contributed by atoms with Gasteiger partial charge in [0.1, 0.15) is 0 Å². The van der Waals surface area contributed by atoms with E-state index >= 15 is 0 Å². The highest BCUT2D eigenvalue weighted by Gasteiger charge is 2.00. The Kier molecular flexibility index (Phi) is 1.39. The average Bonchev–Trinajstić information content (AvgIpc) is 2.34. The second kappa shape index (κ2) is 2.27. The molecule has 0 saturated carbocycles. The molecule has 11 heavy (non-hydrogen) atoms. The van der Waals surface area contributed by atoms with Crippen molar-refractivity contribution in [3.8, 4) is 0 Å². The van der Waals surface area contributed by atoms with Gasteiger partial charge in [0.2, 0.25) is 0 Å². The maximum atomic E-state index is 4.33. The molecule has 0 N–H and O–H groups in total. The molecule has 1 heterocycles. The minimum Gasteiger partial charge on any atom is -0.267 e. The summed E-state index contributed by atoms with van der Waals surface area (Å²) in [6.45, 7) is 0. The van der Waals surface area contributed by atoms with Crippen LogP contribution in [0.3, 0.4) is 0 Å². The summed E-state index contributed by atoms with van der Waals surface area (Å²) < 4.78 is 1.83. The predicted molar refractivity (Wildman–Crippen MR) is 48.0 cm³/mol. The summed E-state index contributed by atoms with van der Waals surface area (Å²) >= 11 is 4.33. The van der Waals surface area contributed by atoms with Gasteiger partial charge in [0.15, 0.2) is 0 Å². The van der Waals surface area contributed by atoms with Crippen LogP contribution >= 0.6 is 12.6 Å². The molecule has 0 amide bonds. The van der Waals surface area contributed by atoms with Crippen molar-refractivity contribution in [3.63, 3.8) is 0 Å². The molecule has 0 aliphatic heterocycles. The van der Waals surface area contributed by atoms with Crippen molar-refractivity contribution in [2.75, 3.05) is 0 Å². The van der Waals surface area contributed by atoms with Crippen LogP contribution in [-0.4, -0.2) is 9.78 Å². The van der Waals surface area contributed by atoms with Gasteiger partial charge in [0.05, 0.1) is 11.7 Å². The van der Waals surface area contributed by atoms with Crippen LogP contribution in [0.2, 0.25) is 0 Å². The van der Waals surface area contributed by atoms with Crippen LogP contribution in [0.4, 0.5) is 0 Å². The van der Waals surface area contributed by atoms with Gasteiger partial charge in [-0.25, -0.2) is 0 Å². The third kappa shape index (κ3) is 0.922. The van der Waals surface area contributed by atoms with Crippen LogP contribution in [-0.2, 0) is 7.05 Å². The first-order valence-electron chi connectivity index (χ1n) is 3.39. The van der Waals surface area contributed by atoms with Crippen LogP contribution in [0.5, 0.6) is 0 Å². The highest BCUT2D eigenvalue weighted by atomic mass is 32.1. The lowest BCUT2D eigenvalue weighted by Crippen LogP contribution is -1.89. The zero-order valence-corrected chi connectivity index (χ0v) is 7.05. The molecule has 0 spiro atoms. The fraction of sp³-hybridized carbons (Fsp3) is 0.125. The summed E-state index contributed by atoms with van der Waals surface area (Å²) in [5.41, 5.74) is 1.09. The normalized spacial score (nSPS) is 10.7. The van der Waals surface area contributed by atoms with Gasteiger partial charge in [0, 0.05) is 17.3 Å². The van der Waals surface area contributed by atoms with E-state index in [-0.39, 0.29) is 0 Å². The van der Waals surface area contributed by atoms with E-state index in [1.165, 1.54) is 0 Å². The van der Waals surface area contributed by atoms with E-state index in [0.29, 0.717) is 0 Å². The zero-order valence-electron chi connectivity index (χ0n) is 6.15. The number of nitrogens with zero attached hydrogens (tertiary/aromatic N) is 2. The minimum atomic E-state index is 0.975. The molecule has 0 aliphatic rings. The molecule has 1 aromatic heterocycles. The number of rotatable bonds is 0. The van der Waals surface area contributed by atoms with E-state index in [1.807, 2.05) is 36.1 Å². The third-order valence-electron chi connectivity index (χ3n) is 1.74. The van der Waals surface area contributed by atoms with E-state index in [9.17, 15) is 0 Å². The molecule has 2 nitrogen and oxygen atoms in total. The van der Waals surface area contributed by atoms with Gasteiger partial charge in [-0.3, -0.25) is 4.68 Å². The topological polar surface area (TPSA) is 17.8 Å². The highest BCUT2D eigenvalue weighted by molar-refractivity contribution is 7.80. The number of fused-ring (bicyclic) bond motifs is 1. The van der Waals surface area contributed by atoms with E-state index in [4.69, 9.17) is 0 Å². The van der Waals surface area contributed by atoms with Gasteiger partial charge in [-0.15, -0.1) is 12.6 Å². The maximum Gasteiger partial charge on any atom is 0.0812 e. The first-order valence-corrected chi connectivity index (χ1v) is 3.83. The van der Waals surface area contributed by atoms with E-state index in [0.717, 1.165) is 15.8 Å². The van der Waals surface area contributed by atoms with Gasteiger partial charge in [0.25, 0.3) is 0 Å². The predicted octanol–water partition coefficient (Wildman–Crippen LogP) is 1.86. The number of thiol groups is 1. The van der Waals surface area contributed by atoms with Gasteiger partial charge < -0.3 is 0 Å². The molecular formula is C8H8N2S. The van der Waals surface area contributed by atoms with Crippen LogP contribution < -0.4 is 0 Å². The molecule has 0 fully saturated rings. The molecule has 2 rings (SSSR count). The first-order chi connectivity index (χ1) is 5.29. The van der Waals surface area contributed by atoms with Crippen molar-refractivity contribution in [3.05, 3.63) is 24.4 Å². The summed E-state index contributed by atoms with van der Waals surface area (Å²) in [6, 6.07) is 5.97. The van der Waals surface area contributed by atoms with Gasteiger partial charge in [-0.05, 0) is 6.07 Å². The number of para-hydroxylation sites is 1. The standard InChI is InChI=1S/C8H8N2S/c1-10-8-6(5-9-10)3-2-4-7(8)11/h2-5,11H,1H3. The number of hydrogen-bond acceptors (Lipinski definition) is 2. The maximum absolute atomic E-state index is 4.33. The van der Waals surface area contributed by atoms with Crippen molar-refractivity contribution in [2.45, 2.75) is 4.90 Å². The Bertz CT molecular complexity index is 392. The Labute approximate surface area is 70.2 Å². The molecule has 0 aliphatic carbocycles. The molecule has 0 unspecified atom stereocenters. The lowest BCUT2D eigenvalue weighted by atomic mass is 10.2. The minimum absolute atomic E-state index is 0.975. The number of aryl methyl sites for hydroxylation is 1. The fourth-order valence-corrected chi connectivity index (χ4v) is 1.57. The van der Waals surface area contributed by atoms with Gasteiger partial charge >= 0.3 is 0 Å². The van der Waals surface area contributed by atoms with E-state index in [2.05, 4.69) is 17.7 Å². The number of aromatic nitrogens is 2. The largest absolute Gasteiger partial charge is 0.267 e. The summed E-state index contributed by atoms with van der Waals surface area (Å²) in [5.74, 6) is 0. The molecule has 0 atom stereocenters. The number of benzene rings is 1. The highest BCUT2D eigenvalue weighted by Crippen LogP contribution is 2.19. The first kappa shape index (κ1) is 6.73. The summed E-state index contributed by atoms with van der Waals surface area (Å²) in [6.07, 6.45) is 1.84. The molecule has 56 valence electrons. The lowest BCUT2D eigenvalue weighted by molar-refractivity contribution is 0.791. The van der Waals surface area contributed by atoms with Crippen molar-refractivity contribution in [1.29, 1.82) is 0 Å². The molecule has 0 radical (unpaired) electrons. The van der Waals surface area contributed by atoms with Gasteiger partial charge in [-0.1, -0.05) is 12.1 Å². The zero-order chi connectivity index (χ0) is 7.84. The smallest absolute Gasteiger partial charge is 0.0812 e. The second-order valence-corrected chi connectivity index (χ2v) is 2.96.